The second kappa shape index (κ2) is 9.97. The van der Waals surface area contributed by atoms with Gasteiger partial charge >= 0.3 is 0 Å². The second-order valence-electron chi connectivity index (χ2n) is 7.35. The molecular formula is C21H35NO. The van der Waals surface area contributed by atoms with Gasteiger partial charge in [-0.25, -0.2) is 0 Å². The van der Waals surface area contributed by atoms with Crippen molar-refractivity contribution in [2.24, 2.45) is 5.92 Å². The zero-order valence-electron chi connectivity index (χ0n) is 15.4. The molecule has 23 heavy (non-hydrogen) atoms. The molecule has 130 valence electrons. The van der Waals surface area contributed by atoms with E-state index < -0.39 is 0 Å². The van der Waals surface area contributed by atoms with E-state index in [0.717, 1.165) is 18.3 Å². The van der Waals surface area contributed by atoms with E-state index in [1.165, 1.54) is 63.7 Å². The highest BCUT2D eigenvalue weighted by Crippen LogP contribution is 2.22. The van der Waals surface area contributed by atoms with Crippen LogP contribution >= 0.6 is 0 Å². The van der Waals surface area contributed by atoms with Gasteiger partial charge < -0.3 is 9.64 Å². The SMILES string of the molecule is CCCCCN1CCC(CCOc2ccc(C(C)C)cc2)CC1. The zero-order chi connectivity index (χ0) is 16.5. The van der Waals surface area contributed by atoms with E-state index in [9.17, 15) is 0 Å². The fraction of sp³-hybridized carbons (Fsp3) is 0.714. The van der Waals surface area contributed by atoms with Crippen molar-refractivity contribution in [3.63, 3.8) is 0 Å². The maximum Gasteiger partial charge on any atom is 0.119 e. The molecule has 0 aliphatic carbocycles. The fourth-order valence-corrected chi connectivity index (χ4v) is 3.38. The van der Waals surface area contributed by atoms with E-state index >= 15 is 0 Å². The number of piperidine rings is 1. The van der Waals surface area contributed by atoms with Crippen LogP contribution in [0.25, 0.3) is 0 Å². The van der Waals surface area contributed by atoms with Gasteiger partial charge in [0, 0.05) is 0 Å². The van der Waals surface area contributed by atoms with Crippen molar-refractivity contribution in [3.05, 3.63) is 29.8 Å². The lowest BCUT2D eigenvalue weighted by atomic mass is 9.94. The van der Waals surface area contributed by atoms with Crippen molar-refractivity contribution >= 4 is 0 Å². The summed E-state index contributed by atoms with van der Waals surface area (Å²) in [5, 5.41) is 0. The predicted octanol–water partition coefficient (Wildman–Crippen LogP) is 5.48. The van der Waals surface area contributed by atoms with Gasteiger partial charge in [-0.05, 0) is 74.8 Å². The van der Waals surface area contributed by atoms with Crippen LogP contribution in [0.15, 0.2) is 24.3 Å². The number of ether oxygens (including phenoxy) is 1. The Morgan fingerprint density at radius 1 is 1.09 bits per heavy atom. The minimum atomic E-state index is 0.589. The first-order valence-corrected chi connectivity index (χ1v) is 9.64. The largest absolute Gasteiger partial charge is 0.494 e. The van der Waals surface area contributed by atoms with Crippen molar-refractivity contribution in [2.75, 3.05) is 26.2 Å². The molecular weight excluding hydrogens is 282 g/mol. The Morgan fingerprint density at radius 3 is 2.39 bits per heavy atom. The Labute approximate surface area is 143 Å². The van der Waals surface area contributed by atoms with Crippen molar-refractivity contribution < 1.29 is 4.74 Å². The summed E-state index contributed by atoms with van der Waals surface area (Å²) < 4.78 is 5.94. The number of nitrogens with zero attached hydrogens (tertiary/aromatic N) is 1. The minimum absolute atomic E-state index is 0.589. The second-order valence-corrected chi connectivity index (χ2v) is 7.35. The van der Waals surface area contributed by atoms with Crippen LogP contribution < -0.4 is 4.74 Å². The quantitative estimate of drug-likeness (QED) is 0.559. The Balaban J connectivity index is 1.60. The summed E-state index contributed by atoms with van der Waals surface area (Å²) in [6, 6.07) is 8.61. The molecule has 0 spiro atoms. The highest BCUT2D eigenvalue weighted by molar-refractivity contribution is 5.28. The Hall–Kier alpha value is -1.02. The van der Waals surface area contributed by atoms with Gasteiger partial charge in [0.05, 0.1) is 6.61 Å². The Kier molecular flexibility index (Phi) is 7.94. The van der Waals surface area contributed by atoms with Crippen LogP contribution in [-0.2, 0) is 0 Å². The summed E-state index contributed by atoms with van der Waals surface area (Å²) in [7, 11) is 0. The van der Waals surface area contributed by atoms with Crippen molar-refractivity contribution in [3.8, 4) is 5.75 Å². The van der Waals surface area contributed by atoms with Crippen molar-refractivity contribution in [2.45, 2.75) is 65.2 Å². The summed E-state index contributed by atoms with van der Waals surface area (Å²) in [5.74, 6) is 2.46. The molecule has 1 aliphatic rings. The molecule has 0 amide bonds. The average molecular weight is 318 g/mol. The highest BCUT2D eigenvalue weighted by atomic mass is 16.5. The summed E-state index contributed by atoms with van der Waals surface area (Å²) in [4.78, 5) is 2.65. The zero-order valence-corrected chi connectivity index (χ0v) is 15.4. The lowest BCUT2D eigenvalue weighted by Gasteiger charge is -2.31. The van der Waals surface area contributed by atoms with E-state index in [0.29, 0.717) is 5.92 Å². The predicted molar refractivity (Wildman–Crippen MR) is 99.3 cm³/mol. The van der Waals surface area contributed by atoms with Gasteiger partial charge in [-0.15, -0.1) is 0 Å². The number of hydrogen-bond acceptors (Lipinski definition) is 2. The molecule has 0 unspecified atom stereocenters. The van der Waals surface area contributed by atoms with Crippen molar-refractivity contribution in [1.82, 2.24) is 4.90 Å². The Morgan fingerprint density at radius 2 is 1.78 bits per heavy atom. The molecule has 2 nitrogen and oxygen atoms in total. The molecule has 1 aromatic carbocycles. The smallest absolute Gasteiger partial charge is 0.119 e. The molecule has 1 aliphatic heterocycles. The first-order valence-electron chi connectivity index (χ1n) is 9.64. The van der Waals surface area contributed by atoms with E-state index in [1.807, 2.05) is 0 Å². The maximum atomic E-state index is 5.94. The van der Waals surface area contributed by atoms with E-state index in [-0.39, 0.29) is 0 Å². The third-order valence-electron chi connectivity index (χ3n) is 5.13. The van der Waals surface area contributed by atoms with Gasteiger partial charge in [0.15, 0.2) is 0 Å². The van der Waals surface area contributed by atoms with Gasteiger partial charge in [-0.1, -0.05) is 45.7 Å². The van der Waals surface area contributed by atoms with Crippen LogP contribution in [0.1, 0.15) is 70.8 Å². The van der Waals surface area contributed by atoms with E-state index in [1.54, 1.807) is 0 Å². The van der Waals surface area contributed by atoms with E-state index in [4.69, 9.17) is 4.74 Å². The molecule has 0 N–H and O–H groups in total. The van der Waals surface area contributed by atoms with Gasteiger partial charge in [0.25, 0.3) is 0 Å². The number of unbranched alkanes of at least 4 members (excludes halogenated alkanes) is 2. The summed E-state index contributed by atoms with van der Waals surface area (Å²) in [5.41, 5.74) is 1.38. The monoisotopic (exact) mass is 317 g/mol. The summed E-state index contributed by atoms with van der Waals surface area (Å²) in [6.07, 6.45) is 7.98. The lowest BCUT2D eigenvalue weighted by molar-refractivity contribution is 0.161. The van der Waals surface area contributed by atoms with Gasteiger partial charge in [0.2, 0.25) is 0 Å². The number of likely N-dealkylation sites (tertiary alicyclic amines) is 1. The topological polar surface area (TPSA) is 12.5 Å². The molecule has 1 heterocycles. The highest BCUT2D eigenvalue weighted by Gasteiger charge is 2.18. The van der Waals surface area contributed by atoms with Crippen LogP contribution in [-0.4, -0.2) is 31.1 Å². The fourth-order valence-electron chi connectivity index (χ4n) is 3.38. The van der Waals surface area contributed by atoms with Gasteiger partial charge in [0.1, 0.15) is 5.75 Å². The molecule has 0 radical (unpaired) electrons. The minimum Gasteiger partial charge on any atom is -0.494 e. The molecule has 1 fully saturated rings. The first kappa shape index (κ1) is 18.3. The molecule has 1 saturated heterocycles. The number of rotatable bonds is 9. The summed E-state index contributed by atoms with van der Waals surface area (Å²) >= 11 is 0. The normalized spacial score (nSPS) is 16.9. The lowest BCUT2D eigenvalue weighted by Crippen LogP contribution is -2.34. The van der Waals surface area contributed by atoms with E-state index in [2.05, 4.69) is 49.9 Å². The van der Waals surface area contributed by atoms with Crippen LogP contribution in [0.4, 0.5) is 0 Å². The molecule has 0 saturated carbocycles. The molecule has 0 aromatic heterocycles. The van der Waals surface area contributed by atoms with Crippen molar-refractivity contribution in [1.29, 1.82) is 0 Å². The summed E-state index contributed by atoms with van der Waals surface area (Å²) in [6.45, 7) is 11.5. The van der Waals surface area contributed by atoms with Crippen LogP contribution in [0.2, 0.25) is 0 Å². The molecule has 1 aromatic rings. The number of hydrogen-bond donors (Lipinski definition) is 0. The standard InChI is InChI=1S/C21H35NO/c1-4-5-6-14-22-15-11-19(12-16-22)13-17-23-21-9-7-20(8-10-21)18(2)3/h7-10,18-19H,4-6,11-17H2,1-3H3. The van der Waals surface area contributed by atoms with Crippen LogP contribution in [0.5, 0.6) is 5.75 Å². The molecule has 2 rings (SSSR count). The van der Waals surface area contributed by atoms with Gasteiger partial charge in [-0.2, -0.15) is 0 Å². The first-order chi connectivity index (χ1) is 11.2. The molecule has 2 heteroatoms. The Bertz CT molecular complexity index is 418. The molecule has 0 atom stereocenters. The maximum absolute atomic E-state index is 5.94. The number of benzene rings is 1. The van der Waals surface area contributed by atoms with Crippen LogP contribution in [0.3, 0.4) is 0 Å². The average Bonchev–Trinajstić information content (AvgIpc) is 2.57. The third kappa shape index (κ3) is 6.55. The van der Waals surface area contributed by atoms with Crippen LogP contribution in [0, 0.1) is 5.92 Å². The van der Waals surface area contributed by atoms with Gasteiger partial charge in [-0.3, -0.25) is 0 Å². The third-order valence-corrected chi connectivity index (χ3v) is 5.13. The molecule has 0 bridgehead atoms.